The Bertz CT molecular complexity index is 1760. The number of phosphoric ester groups is 2. The smallest absolute Gasteiger partial charge is 0.462 e. The summed E-state index contributed by atoms with van der Waals surface area (Å²) in [6, 6.07) is 0. The normalized spacial score (nSPS) is 14.3. The fourth-order valence-electron chi connectivity index (χ4n) is 10.5. The number of ether oxygens (including phenoxy) is 4. The fraction of sp³-hybridized carbons (Fsp3) is 0.943. The molecule has 0 aliphatic rings. The van der Waals surface area contributed by atoms with E-state index in [-0.39, 0.29) is 25.7 Å². The lowest BCUT2D eigenvalue weighted by Gasteiger charge is -2.21. The van der Waals surface area contributed by atoms with E-state index >= 15 is 0 Å². The third-order valence-electron chi connectivity index (χ3n) is 16.1. The van der Waals surface area contributed by atoms with Crippen molar-refractivity contribution in [3.63, 3.8) is 0 Å². The first-order chi connectivity index (χ1) is 42.6. The highest BCUT2D eigenvalue weighted by atomic mass is 31.2. The van der Waals surface area contributed by atoms with Crippen molar-refractivity contribution in [2.24, 2.45) is 23.7 Å². The number of phosphoric acid groups is 2. The SMILES string of the molecule is CC(C)CCCCCCCCCCCCCCCC(=O)O[C@H](COC(=O)CCCCCCCCC(C)C)COP(=O)(O)OC[C@@H](O)COP(=O)(O)OC[C@@H](COC(=O)CCCCCCCCC(C)C)OC(=O)CCCCCCCCCCCCCCC(C)C. The van der Waals surface area contributed by atoms with Crippen LogP contribution >= 0.6 is 15.6 Å². The average Bonchev–Trinajstić information content (AvgIpc) is 3.65. The maximum Gasteiger partial charge on any atom is 0.472 e. The number of esters is 4. The van der Waals surface area contributed by atoms with E-state index in [4.69, 9.17) is 37.0 Å². The molecule has 0 saturated heterocycles. The van der Waals surface area contributed by atoms with Gasteiger partial charge in [0.15, 0.2) is 12.2 Å². The number of carbonyl (C=O) groups excluding carboxylic acids is 4. The second-order valence-corrected chi connectivity index (χ2v) is 30.1. The summed E-state index contributed by atoms with van der Waals surface area (Å²) < 4.78 is 68.2. The molecular formula is C70H136O17P2. The fourth-order valence-corrected chi connectivity index (χ4v) is 12.1. The van der Waals surface area contributed by atoms with E-state index < -0.39 is 97.5 Å². The van der Waals surface area contributed by atoms with Crippen molar-refractivity contribution in [1.82, 2.24) is 0 Å². The lowest BCUT2D eigenvalue weighted by Crippen LogP contribution is -2.30. The maximum absolute atomic E-state index is 13.0. The highest BCUT2D eigenvalue weighted by Crippen LogP contribution is 2.45. The quantitative estimate of drug-likeness (QED) is 0.0222. The van der Waals surface area contributed by atoms with Gasteiger partial charge in [-0.25, -0.2) is 9.13 Å². The second-order valence-electron chi connectivity index (χ2n) is 27.2. The number of carbonyl (C=O) groups is 4. The monoisotopic (exact) mass is 1310 g/mol. The molecule has 2 unspecified atom stereocenters. The summed E-state index contributed by atoms with van der Waals surface area (Å²) in [5.41, 5.74) is 0. The van der Waals surface area contributed by atoms with E-state index in [0.29, 0.717) is 37.5 Å². The van der Waals surface area contributed by atoms with E-state index in [1.807, 2.05) is 0 Å². The highest BCUT2D eigenvalue weighted by Gasteiger charge is 2.30. The lowest BCUT2D eigenvalue weighted by atomic mass is 10.0. The van der Waals surface area contributed by atoms with Crippen molar-refractivity contribution >= 4 is 39.5 Å². The summed E-state index contributed by atoms with van der Waals surface area (Å²) in [7, 11) is -9.90. The van der Waals surface area contributed by atoms with Gasteiger partial charge in [0, 0.05) is 25.7 Å². The third-order valence-corrected chi connectivity index (χ3v) is 18.0. The first kappa shape index (κ1) is 87.1. The van der Waals surface area contributed by atoms with Gasteiger partial charge in [-0.2, -0.15) is 0 Å². The van der Waals surface area contributed by atoms with Crippen LogP contribution in [0.4, 0.5) is 0 Å². The minimum atomic E-state index is -4.95. The topological polar surface area (TPSA) is 237 Å². The van der Waals surface area contributed by atoms with Gasteiger partial charge in [-0.15, -0.1) is 0 Å². The lowest BCUT2D eigenvalue weighted by molar-refractivity contribution is -0.161. The van der Waals surface area contributed by atoms with Gasteiger partial charge in [0.25, 0.3) is 0 Å². The molecule has 528 valence electrons. The van der Waals surface area contributed by atoms with Crippen molar-refractivity contribution in [3.05, 3.63) is 0 Å². The summed E-state index contributed by atoms with van der Waals surface area (Å²) in [6.45, 7) is 14.0. The van der Waals surface area contributed by atoms with Gasteiger partial charge in [0.05, 0.1) is 26.4 Å². The largest absolute Gasteiger partial charge is 0.472 e. The van der Waals surface area contributed by atoms with E-state index in [9.17, 15) is 43.2 Å². The van der Waals surface area contributed by atoms with Crippen LogP contribution in [0.3, 0.4) is 0 Å². The molecule has 0 aliphatic heterocycles. The van der Waals surface area contributed by atoms with Gasteiger partial charge >= 0.3 is 39.5 Å². The Morgan fingerprint density at radius 1 is 0.281 bits per heavy atom. The summed E-state index contributed by atoms with van der Waals surface area (Å²) >= 11 is 0. The molecule has 0 spiro atoms. The molecule has 89 heavy (non-hydrogen) atoms. The zero-order chi connectivity index (χ0) is 66.1. The molecule has 0 aromatic heterocycles. The molecule has 0 radical (unpaired) electrons. The Morgan fingerprint density at radius 2 is 0.472 bits per heavy atom. The minimum absolute atomic E-state index is 0.105. The van der Waals surface area contributed by atoms with Crippen LogP contribution in [-0.4, -0.2) is 96.7 Å². The zero-order valence-electron chi connectivity index (χ0n) is 58.1. The van der Waals surface area contributed by atoms with Gasteiger partial charge in [-0.3, -0.25) is 37.3 Å². The summed E-state index contributed by atoms with van der Waals surface area (Å²) in [5, 5.41) is 10.6. The van der Waals surface area contributed by atoms with Crippen LogP contribution in [0.25, 0.3) is 0 Å². The maximum atomic E-state index is 13.0. The Morgan fingerprint density at radius 3 is 0.697 bits per heavy atom. The number of aliphatic hydroxyl groups excluding tert-OH is 1. The number of rotatable bonds is 67. The summed E-state index contributed by atoms with van der Waals surface area (Å²) in [4.78, 5) is 72.5. The van der Waals surface area contributed by atoms with E-state index in [2.05, 4.69) is 55.4 Å². The Balaban J connectivity index is 5.21. The molecular weight excluding hydrogens is 1170 g/mol. The van der Waals surface area contributed by atoms with Crippen molar-refractivity contribution < 1.29 is 80.2 Å². The van der Waals surface area contributed by atoms with E-state index in [1.165, 1.54) is 135 Å². The number of aliphatic hydroxyl groups is 1. The first-order valence-corrected chi connectivity index (χ1v) is 39.2. The van der Waals surface area contributed by atoms with Crippen LogP contribution in [0.5, 0.6) is 0 Å². The van der Waals surface area contributed by atoms with Gasteiger partial charge in [0.2, 0.25) is 0 Å². The molecule has 0 fully saturated rings. The van der Waals surface area contributed by atoms with E-state index in [0.717, 1.165) is 115 Å². The molecule has 0 aromatic rings. The number of hydrogen-bond acceptors (Lipinski definition) is 15. The van der Waals surface area contributed by atoms with Crippen LogP contribution in [-0.2, 0) is 65.4 Å². The van der Waals surface area contributed by atoms with Crippen molar-refractivity contribution in [2.75, 3.05) is 39.6 Å². The van der Waals surface area contributed by atoms with E-state index in [1.54, 1.807) is 0 Å². The molecule has 0 amide bonds. The van der Waals surface area contributed by atoms with Crippen LogP contribution in [0.1, 0.15) is 344 Å². The van der Waals surface area contributed by atoms with Gasteiger partial charge in [-0.05, 0) is 49.4 Å². The van der Waals surface area contributed by atoms with Crippen molar-refractivity contribution in [1.29, 1.82) is 0 Å². The third kappa shape index (κ3) is 64.6. The van der Waals surface area contributed by atoms with Crippen LogP contribution in [0, 0.1) is 23.7 Å². The first-order valence-electron chi connectivity index (χ1n) is 36.2. The summed E-state index contributed by atoms with van der Waals surface area (Å²) in [6.07, 6.45) is 42.0. The predicted molar refractivity (Wildman–Crippen MR) is 358 cm³/mol. The molecule has 17 nitrogen and oxygen atoms in total. The van der Waals surface area contributed by atoms with Crippen LogP contribution < -0.4 is 0 Å². The standard InChI is InChI=1S/C70H136O17P2/c1-60(2)46-38-30-22-18-14-10-9-11-16-20-24-36-44-52-69(74)86-65(56-80-67(72)50-42-34-28-26-32-40-48-62(5)6)58-84-88(76,77)82-54-64(71)55-83-89(78,79)85-59-66(57-81-68(73)51-43-35-29-27-33-41-49-63(7)8)87-70(75)53-45-37-25-21-17-13-12-15-19-23-31-39-47-61(3)4/h60-66,71H,9-59H2,1-8H3,(H,76,77)(H,78,79)/t64-,65-,66-/m1/s1. The molecule has 0 aliphatic carbocycles. The van der Waals surface area contributed by atoms with Gasteiger partial charge in [0.1, 0.15) is 19.3 Å². The zero-order valence-corrected chi connectivity index (χ0v) is 59.8. The van der Waals surface area contributed by atoms with Crippen LogP contribution in [0.2, 0.25) is 0 Å². The molecule has 5 atom stereocenters. The van der Waals surface area contributed by atoms with Gasteiger partial charge in [-0.1, -0.05) is 293 Å². The number of unbranched alkanes of at least 4 members (excludes halogenated alkanes) is 33. The average molecular weight is 1310 g/mol. The van der Waals surface area contributed by atoms with Crippen molar-refractivity contribution in [2.45, 2.75) is 363 Å². The van der Waals surface area contributed by atoms with Crippen molar-refractivity contribution in [3.8, 4) is 0 Å². The second kappa shape index (κ2) is 59.8. The Hall–Kier alpha value is -1.94. The number of hydrogen-bond donors (Lipinski definition) is 3. The summed E-state index contributed by atoms with van der Waals surface area (Å²) in [5.74, 6) is 0.789. The Kier molecular flexibility index (Phi) is 58.5. The molecule has 3 N–H and O–H groups in total. The minimum Gasteiger partial charge on any atom is -0.462 e. The molecule has 0 heterocycles. The molecule has 0 bridgehead atoms. The molecule has 0 aromatic carbocycles. The molecule has 0 rings (SSSR count). The Labute approximate surface area is 543 Å². The van der Waals surface area contributed by atoms with Crippen LogP contribution in [0.15, 0.2) is 0 Å². The van der Waals surface area contributed by atoms with Gasteiger partial charge < -0.3 is 33.8 Å². The molecule has 19 heteroatoms. The molecule has 0 saturated carbocycles. The predicted octanol–water partition coefficient (Wildman–Crippen LogP) is 19.7. The highest BCUT2D eigenvalue weighted by molar-refractivity contribution is 7.47.